The van der Waals surface area contributed by atoms with E-state index in [1.807, 2.05) is 6.92 Å². The molecule has 1 atom stereocenters. The van der Waals surface area contributed by atoms with Crippen LogP contribution in [-0.2, 0) is 19.1 Å². The van der Waals surface area contributed by atoms with Gasteiger partial charge in [0.25, 0.3) is 0 Å². The van der Waals surface area contributed by atoms with Crippen LogP contribution in [0.4, 0.5) is 0 Å². The molecule has 148 valence electrons. The Morgan fingerprint density at radius 1 is 1.00 bits per heavy atom. The zero-order valence-electron chi connectivity index (χ0n) is 16.0. The summed E-state index contributed by atoms with van der Waals surface area (Å²) in [6.07, 6.45) is 1.64. The predicted molar refractivity (Wildman–Crippen MR) is 97.5 cm³/mol. The highest BCUT2D eigenvalue weighted by Gasteiger charge is 2.30. The SMILES string of the molecule is CCNC(=O)CN1CCN(CC(=O)N2CCCC(C(=O)OCC)C2)CC1. The van der Waals surface area contributed by atoms with E-state index >= 15 is 0 Å². The number of hydrogen-bond donors (Lipinski definition) is 1. The van der Waals surface area contributed by atoms with Gasteiger partial charge in [-0.05, 0) is 26.7 Å². The molecule has 8 heteroatoms. The molecule has 2 aliphatic heterocycles. The minimum absolute atomic E-state index is 0.0513. The van der Waals surface area contributed by atoms with Crippen molar-refractivity contribution in [3.63, 3.8) is 0 Å². The Balaban J connectivity index is 1.73. The number of likely N-dealkylation sites (tertiary alicyclic amines) is 1. The van der Waals surface area contributed by atoms with E-state index in [9.17, 15) is 14.4 Å². The lowest BCUT2D eigenvalue weighted by Crippen LogP contribution is -2.53. The Bertz CT molecular complexity index is 492. The van der Waals surface area contributed by atoms with Gasteiger partial charge in [-0.25, -0.2) is 0 Å². The highest BCUT2D eigenvalue weighted by atomic mass is 16.5. The van der Waals surface area contributed by atoms with Gasteiger partial charge in [0.2, 0.25) is 11.8 Å². The molecule has 0 aromatic rings. The highest BCUT2D eigenvalue weighted by molar-refractivity contribution is 5.80. The molecular weight excluding hydrogens is 336 g/mol. The topological polar surface area (TPSA) is 82.2 Å². The van der Waals surface area contributed by atoms with Crippen LogP contribution in [0.15, 0.2) is 0 Å². The molecule has 2 rings (SSSR count). The second-order valence-electron chi connectivity index (χ2n) is 6.94. The second-order valence-corrected chi connectivity index (χ2v) is 6.94. The standard InChI is InChI=1S/C18H32N4O4/c1-3-19-16(23)13-20-8-10-21(11-9-20)14-17(24)22-7-5-6-15(12-22)18(25)26-4-2/h15H,3-14H2,1-2H3,(H,19,23). The van der Waals surface area contributed by atoms with Crippen LogP contribution in [0, 0.1) is 5.92 Å². The van der Waals surface area contributed by atoms with E-state index in [2.05, 4.69) is 15.1 Å². The summed E-state index contributed by atoms with van der Waals surface area (Å²) in [5, 5.41) is 2.81. The number of nitrogens with one attached hydrogen (secondary N) is 1. The van der Waals surface area contributed by atoms with Crippen LogP contribution in [0.3, 0.4) is 0 Å². The van der Waals surface area contributed by atoms with Crippen LogP contribution in [0.5, 0.6) is 0 Å². The summed E-state index contributed by atoms with van der Waals surface area (Å²) in [7, 11) is 0. The van der Waals surface area contributed by atoms with Gasteiger partial charge < -0.3 is 15.0 Å². The largest absolute Gasteiger partial charge is 0.466 e. The number of hydrogen-bond acceptors (Lipinski definition) is 6. The molecule has 0 bridgehead atoms. The zero-order chi connectivity index (χ0) is 18.9. The molecule has 2 saturated heterocycles. The van der Waals surface area contributed by atoms with Gasteiger partial charge in [0.15, 0.2) is 0 Å². The quantitative estimate of drug-likeness (QED) is 0.613. The minimum Gasteiger partial charge on any atom is -0.466 e. The number of esters is 1. The Hall–Kier alpha value is -1.67. The maximum Gasteiger partial charge on any atom is 0.310 e. The van der Waals surface area contributed by atoms with Crippen molar-refractivity contribution in [1.29, 1.82) is 0 Å². The summed E-state index contributed by atoms with van der Waals surface area (Å²) in [5.41, 5.74) is 0. The summed E-state index contributed by atoms with van der Waals surface area (Å²) in [5.74, 6) is -0.253. The molecule has 2 heterocycles. The average molecular weight is 368 g/mol. The first-order valence-corrected chi connectivity index (χ1v) is 9.69. The van der Waals surface area contributed by atoms with Crippen molar-refractivity contribution >= 4 is 17.8 Å². The molecule has 1 unspecified atom stereocenters. The van der Waals surface area contributed by atoms with Gasteiger partial charge in [-0.2, -0.15) is 0 Å². The Morgan fingerprint density at radius 2 is 1.65 bits per heavy atom. The van der Waals surface area contributed by atoms with Gasteiger partial charge in [0.1, 0.15) is 0 Å². The van der Waals surface area contributed by atoms with Crippen molar-refractivity contribution in [1.82, 2.24) is 20.0 Å². The van der Waals surface area contributed by atoms with Crippen molar-refractivity contribution in [2.24, 2.45) is 5.92 Å². The van der Waals surface area contributed by atoms with E-state index in [1.165, 1.54) is 0 Å². The molecule has 0 saturated carbocycles. The van der Waals surface area contributed by atoms with Crippen molar-refractivity contribution < 1.29 is 19.1 Å². The van der Waals surface area contributed by atoms with E-state index in [0.29, 0.717) is 39.3 Å². The minimum atomic E-state index is -0.193. The highest BCUT2D eigenvalue weighted by Crippen LogP contribution is 2.18. The number of likely N-dealkylation sites (N-methyl/N-ethyl adjacent to an activating group) is 1. The fourth-order valence-corrected chi connectivity index (χ4v) is 3.51. The normalized spacial score (nSPS) is 22.1. The number of ether oxygens (including phenoxy) is 1. The van der Waals surface area contributed by atoms with E-state index in [-0.39, 0.29) is 23.7 Å². The summed E-state index contributed by atoms with van der Waals surface area (Å²) in [6.45, 7) is 9.85. The monoisotopic (exact) mass is 368 g/mol. The molecule has 1 N–H and O–H groups in total. The first kappa shape index (κ1) is 20.6. The third kappa shape index (κ3) is 6.25. The lowest BCUT2D eigenvalue weighted by atomic mass is 9.98. The molecule has 2 amide bonds. The fourth-order valence-electron chi connectivity index (χ4n) is 3.51. The molecular formula is C18H32N4O4. The van der Waals surface area contributed by atoms with Crippen molar-refractivity contribution in [2.45, 2.75) is 26.7 Å². The first-order chi connectivity index (χ1) is 12.5. The number of piperidine rings is 1. The first-order valence-electron chi connectivity index (χ1n) is 9.69. The van der Waals surface area contributed by atoms with Gasteiger partial charge in [-0.1, -0.05) is 0 Å². The Morgan fingerprint density at radius 3 is 2.27 bits per heavy atom. The molecule has 8 nitrogen and oxygen atoms in total. The van der Waals surface area contributed by atoms with E-state index in [1.54, 1.807) is 11.8 Å². The second kappa shape index (κ2) is 10.5. The van der Waals surface area contributed by atoms with Crippen molar-refractivity contribution in [2.75, 3.05) is 65.5 Å². The molecule has 2 aliphatic rings. The van der Waals surface area contributed by atoms with Gasteiger partial charge in [-0.15, -0.1) is 0 Å². The van der Waals surface area contributed by atoms with Crippen molar-refractivity contribution in [3.05, 3.63) is 0 Å². The molecule has 0 aromatic carbocycles. The van der Waals surface area contributed by atoms with Crippen LogP contribution in [0.25, 0.3) is 0 Å². The smallest absolute Gasteiger partial charge is 0.310 e. The lowest BCUT2D eigenvalue weighted by molar-refractivity contribution is -0.151. The number of rotatable bonds is 7. The lowest BCUT2D eigenvalue weighted by Gasteiger charge is -2.36. The van der Waals surface area contributed by atoms with Gasteiger partial charge in [0.05, 0.1) is 25.6 Å². The van der Waals surface area contributed by atoms with Crippen LogP contribution in [0.1, 0.15) is 26.7 Å². The third-order valence-corrected chi connectivity index (χ3v) is 4.96. The predicted octanol–water partition coefficient (Wildman–Crippen LogP) is -0.458. The third-order valence-electron chi connectivity index (χ3n) is 4.96. The van der Waals surface area contributed by atoms with Crippen LogP contribution >= 0.6 is 0 Å². The van der Waals surface area contributed by atoms with Gasteiger partial charge in [0, 0.05) is 45.8 Å². The fraction of sp³-hybridized carbons (Fsp3) is 0.833. The number of carbonyl (C=O) groups is 3. The Labute approximate surface area is 155 Å². The zero-order valence-corrected chi connectivity index (χ0v) is 16.0. The van der Waals surface area contributed by atoms with Crippen LogP contribution in [-0.4, -0.2) is 98.0 Å². The number of nitrogens with zero attached hydrogens (tertiary/aromatic N) is 3. The van der Waals surface area contributed by atoms with Crippen LogP contribution < -0.4 is 5.32 Å². The van der Waals surface area contributed by atoms with Crippen molar-refractivity contribution in [3.8, 4) is 0 Å². The molecule has 2 fully saturated rings. The summed E-state index contributed by atoms with van der Waals surface area (Å²) in [6, 6.07) is 0. The summed E-state index contributed by atoms with van der Waals surface area (Å²) < 4.78 is 5.09. The van der Waals surface area contributed by atoms with E-state index < -0.39 is 0 Å². The Kier molecular flexibility index (Phi) is 8.31. The summed E-state index contributed by atoms with van der Waals surface area (Å²) >= 11 is 0. The average Bonchev–Trinajstić information content (AvgIpc) is 2.64. The number of piperazine rings is 1. The van der Waals surface area contributed by atoms with E-state index in [0.717, 1.165) is 39.0 Å². The molecule has 0 spiro atoms. The maximum absolute atomic E-state index is 12.6. The molecule has 26 heavy (non-hydrogen) atoms. The number of amides is 2. The van der Waals surface area contributed by atoms with Gasteiger partial charge >= 0.3 is 5.97 Å². The van der Waals surface area contributed by atoms with Crippen LogP contribution in [0.2, 0.25) is 0 Å². The molecule has 0 aliphatic carbocycles. The van der Waals surface area contributed by atoms with Gasteiger partial charge in [-0.3, -0.25) is 24.2 Å². The molecule has 0 radical (unpaired) electrons. The molecule has 0 aromatic heterocycles. The number of carbonyl (C=O) groups excluding carboxylic acids is 3. The summed E-state index contributed by atoms with van der Waals surface area (Å²) in [4.78, 5) is 42.2. The maximum atomic E-state index is 12.6. The van der Waals surface area contributed by atoms with E-state index in [4.69, 9.17) is 4.74 Å².